The Bertz CT molecular complexity index is 419. The summed E-state index contributed by atoms with van der Waals surface area (Å²) in [4.78, 5) is 10.9. The van der Waals surface area contributed by atoms with Crippen LogP contribution in [0.25, 0.3) is 0 Å². The van der Waals surface area contributed by atoms with E-state index in [0.29, 0.717) is 6.61 Å². The van der Waals surface area contributed by atoms with Crippen LogP contribution in [0, 0.1) is 0 Å². The summed E-state index contributed by atoms with van der Waals surface area (Å²) >= 11 is 0. The number of quaternary nitrogens is 2. The van der Waals surface area contributed by atoms with Crippen molar-refractivity contribution in [1.82, 2.24) is 0 Å². The van der Waals surface area contributed by atoms with Crippen LogP contribution in [-0.2, 0) is 9.53 Å². The van der Waals surface area contributed by atoms with Crippen molar-refractivity contribution in [2.75, 3.05) is 61.0 Å². The first kappa shape index (κ1) is 36.9. The molecule has 0 unspecified atom stereocenters. The maximum absolute atomic E-state index is 10.9. The molecule has 0 amide bonds. The average Bonchev–Trinajstić information content (AvgIpc) is 2.65. The zero-order valence-electron chi connectivity index (χ0n) is 22.4. The number of halogens is 2. The Morgan fingerprint density at radius 3 is 1.22 bits per heavy atom. The molecule has 0 radical (unpaired) electrons. The van der Waals surface area contributed by atoms with E-state index in [9.17, 15) is 4.79 Å². The zero-order chi connectivity index (χ0) is 22.7. The molecule has 0 aliphatic rings. The first-order chi connectivity index (χ1) is 14.2. The summed E-state index contributed by atoms with van der Waals surface area (Å²) in [5, 5.41) is 0. The van der Waals surface area contributed by atoms with Gasteiger partial charge in [0.25, 0.3) is 0 Å². The smallest absolute Gasteiger partial charge is 0.302 e. The molecule has 0 saturated heterocycles. The highest BCUT2D eigenvalue weighted by Gasteiger charge is 2.16. The SMILES string of the molecule is CCCCCCCCCCCC[N+](C)(C)CCCCCC[N+](C)(C)CCOC(C)=O.[Br-].[Br-]. The van der Waals surface area contributed by atoms with E-state index in [2.05, 4.69) is 35.1 Å². The lowest BCUT2D eigenvalue weighted by molar-refractivity contribution is -0.891. The molecule has 0 bridgehead atoms. The van der Waals surface area contributed by atoms with Gasteiger partial charge in [-0.25, -0.2) is 0 Å². The van der Waals surface area contributed by atoms with Crippen molar-refractivity contribution in [2.24, 2.45) is 0 Å². The van der Waals surface area contributed by atoms with Crippen molar-refractivity contribution in [1.29, 1.82) is 0 Å². The van der Waals surface area contributed by atoms with E-state index in [0.717, 1.165) is 17.6 Å². The van der Waals surface area contributed by atoms with Crippen molar-refractivity contribution in [3.05, 3.63) is 0 Å². The fourth-order valence-corrected chi connectivity index (χ4v) is 4.12. The molecule has 0 aromatic carbocycles. The molecule has 4 nitrogen and oxygen atoms in total. The van der Waals surface area contributed by atoms with Crippen molar-refractivity contribution in [3.63, 3.8) is 0 Å². The molecule has 0 rings (SSSR count). The molecule has 0 aliphatic carbocycles. The van der Waals surface area contributed by atoms with Crippen LogP contribution >= 0.6 is 0 Å². The third-order valence-corrected chi connectivity index (χ3v) is 6.40. The molecular formula is C26H56Br2N2O2. The van der Waals surface area contributed by atoms with Gasteiger partial charge >= 0.3 is 5.97 Å². The summed E-state index contributed by atoms with van der Waals surface area (Å²) in [6.45, 7) is 9.01. The number of esters is 1. The maximum atomic E-state index is 10.9. The third-order valence-electron chi connectivity index (χ3n) is 6.40. The summed E-state index contributed by atoms with van der Waals surface area (Å²) in [7, 11) is 9.28. The number of ether oxygens (including phenoxy) is 1. The number of hydrogen-bond donors (Lipinski definition) is 0. The molecular weight excluding hydrogens is 532 g/mol. The molecule has 0 aromatic heterocycles. The second-order valence-corrected chi connectivity index (χ2v) is 10.7. The monoisotopic (exact) mass is 586 g/mol. The Morgan fingerprint density at radius 2 is 0.875 bits per heavy atom. The second kappa shape index (κ2) is 23.1. The number of unbranched alkanes of at least 4 members (excludes halogenated alkanes) is 12. The van der Waals surface area contributed by atoms with E-state index in [1.165, 1.54) is 114 Å². The number of rotatable bonds is 21. The van der Waals surface area contributed by atoms with Gasteiger partial charge in [0.2, 0.25) is 0 Å². The molecule has 196 valence electrons. The van der Waals surface area contributed by atoms with Gasteiger partial charge in [-0.1, -0.05) is 58.3 Å². The molecule has 0 aromatic rings. The second-order valence-electron chi connectivity index (χ2n) is 10.7. The third kappa shape index (κ3) is 26.6. The quantitative estimate of drug-likeness (QED) is 0.109. The summed E-state index contributed by atoms with van der Waals surface area (Å²) < 4.78 is 7.20. The molecule has 0 atom stereocenters. The van der Waals surface area contributed by atoms with Crippen molar-refractivity contribution < 1.29 is 52.5 Å². The molecule has 32 heavy (non-hydrogen) atoms. The van der Waals surface area contributed by atoms with Crippen LogP contribution in [0.1, 0.15) is 104 Å². The van der Waals surface area contributed by atoms with Crippen molar-refractivity contribution in [2.45, 2.75) is 104 Å². The van der Waals surface area contributed by atoms with E-state index in [4.69, 9.17) is 4.74 Å². The Labute approximate surface area is 222 Å². The molecule has 0 saturated carbocycles. The highest BCUT2D eigenvalue weighted by atomic mass is 79.9. The summed E-state index contributed by atoms with van der Waals surface area (Å²) in [6, 6.07) is 0. The minimum absolute atomic E-state index is 0. The van der Waals surface area contributed by atoms with Gasteiger partial charge in [0.1, 0.15) is 13.2 Å². The predicted octanol–water partition coefficient (Wildman–Crippen LogP) is 0.192. The van der Waals surface area contributed by atoms with E-state index < -0.39 is 0 Å². The predicted molar refractivity (Wildman–Crippen MR) is 131 cm³/mol. The first-order valence-electron chi connectivity index (χ1n) is 13.0. The Balaban J connectivity index is -0.00000420. The topological polar surface area (TPSA) is 26.3 Å². The van der Waals surface area contributed by atoms with E-state index in [1.54, 1.807) is 0 Å². The highest BCUT2D eigenvalue weighted by molar-refractivity contribution is 5.65. The van der Waals surface area contributed by atoms with Crippen LogP contribution in [0.5, 0.6) is 0 Å². The molecule has 0 aliphatic heterocycles. The van der Waals surface area contributed by atoms with Crippen molar-refractivity contribution >= 4 is 5.97 Å². The summed E-state index contributed by atoms with van der Waals surface area (Å²) in [6.07, 6.45) is 19.5. The van der Waals surface area contributed by atoms with Gasteiger partial charge in [0.05, 0.1) is 47.8 Å². The highest BCUT2D eigenvalue weighted by Crippen LogP contribution is 2.13. The number of nitrogens with zero attached hydrogens (tertiary/aromatic N) is 2. The van der Waals surface area contributed by atoms with Crippen LogP contribution in [-0.4, -0.2) is 75.9 Å². The van der Waals surface area contributed by atoms with Gasteiger partial charge in [0.15, 0.2) is 0 Å². The van der Waals surface area contributed by atoms with E-state index in [-0.39, 0.29) is 39.9 Å². The first-order valence-corrected chi connectivity index (χ1v) is 13.0. The van der Waals surface area contributed by atoms with Crippen LogP contribution in [0.15, 0.2) is 0 Å². The lowest BCUT2D eigenvalue weighted by atomic mass is 10.1. The number of carbonyl (C=O) groups excluding carboxylic acids is 1. The van der Waals surface area contributed by atoms with Crippen molar-refractivity contribution in [3.8, 4) is 0 Å². The van der Waals surface area contributed by atoms with Gasteiger partial charge in [-0.3, -0.25) is 4.79 Å². The fraction of sp³-hybridized carbons (Fsp3) is 0.962. The molecule has 6 heteroatoms. The van der Waals surface area contributed by atoms with Gasteiger partial charge in [-0.2, -0.15) is 0 Å². The standard InChI is InChI=1S/C26H56N2O2.2BrH/c1-7-8-9-10-11-12-13-14-15-18-21-27(3,4)22-19-16-17-20-23-28(5,6)24-25-30-26(2)29;;/h7-25H2,1-6H3;2*1H/q+2;;/p-2. The molecule has 0 fully saturated rings. The minimum atomic E-state index is -0.173. The molecule has 0 spiro atoms. The number of hydrogen-bond acceptors (Lipinski definition) is 2. The maximum Gasteiger partial charge on any atom is 0.302 e. The Morgan fingerprint density at radius 1 is 0.562 bits per heavy atom. The van der Waals surface area contributed by atoms with E-state index >= 15 is 0 Å². The van der Waals surface area contributed by atoms with Crippen LogP contribution in [0.4, 0.5) is 0 Å². The van der Waals surface area contributed by atoms with Gasteiger partial charge in [-0.15, -0.1) is 0 Å². The normalized spacial score (nSPS) is 11.6. The Hall–Kier alpha value is 0.350. The largest absolute Gasteiger partial charge is 1.00 e. The zero-order valence-corrected chi connectivity index (χ0v) is 25.6. The number of carbonyl (C=O) groups is 1. The van der Waals surface area contributed by atoms with Crippen LogP contribution in [0.3, 0.4) is 0 Å². The summed E-state index contributed by atoms with van der Waals surface area (Å²) in [5.41, 5.74) is 0. The van der Waals surface area contributed by atoms with Gasteiger partial charge in [0, 0.05) is 6.92 Å². The fourth-order valence-electron chi connectivity index (χ4n) is 4.12. The average molecular weight is 589 g/mol. The minimum Gasteiger partial charge on any atom is -1.00 e. The molecule has 0 N–H and O–H groups in total. The van der Waals surface area contributed by atoms with Gasteiger partial charge < -0.3 is 47.7 Å². The lowest BCUT2D eigenvalue weighted by Gasteiger charge is -2.30. The van der Waals surface area contributed by atoms with Crippen LogP contribution < -0.4 is 34.0 Å². The number of likely N-dealkylation sites (N-methyl/N-ethyl adjacent to an activating group) is 1. The summed E-state index contributed by atoms with van der Waals surface area (Å²) in [5.74, 6) is -0.173. The van der Waals surface area contributed by atoms with Crippen LogP contribution in [0.2, 0.25) is 0 Å². The van der Waals surface area contributed by atoms with E-state index in [1.807, 2.05) is 0 Å². The molecule has 0 heterocycles. The Kier molecular flexibility index (Phi) is 26.7. The van der Waals surface area contributed by atoms with Gasteiger partial charge in [-0.05, 0) is 38.5 Å². The lowest BCUT2D eigenvalue weighted by Crippen LogP contribution is -3.00.